The average molecular weight is 428 g/mol. The Kier molecular flexibility index (Phi) is 5.46. The maximum absolute atomic E-state index is 12.5. The highest BCUT2D eigenvalue weighted by molar-refractivity contribution is 9.10. The predicted molar refractivity (Wildman–Crippen MR) is 105 cm³/mol. The third kappa shape index (κ3) is 4.68. The van der Waals surface area contributed by atoms with Gasteiger partial charge >= 0.3 is 0 Å². The molecule has 0 atom stereocenters. The summed E-state index contributed by atoms with van der Waals surface area (Å²) >= 11 is 3.34. The van der Waals surface area contributed by atoms with Crippen molar-refractivity contribution < 1.29 is 9.72 Å². The highest BCUT2D eigenvalue weighted by Gasteiger charge is 2.10. The molecule has 0 saturated heterocycles. The minimum absolute atomic E-state index is 0.0518. The zero-order valence-corrected chi connectivity index (χ0v) is 15.5. The van der Waals surface area contributed by atoms with Crippen LogP contribution in [0.4, 0.5) is 11.4 Å². The summed E-state index contributed by atoms with van der Waals surface area (Å²) in [6.45, 7) is 0.124. The van der Waals surface area contributed by atoms with E-state index in [9.17, 15) is 19.7 Å². The number of anilines is 1. The van der Waals surface area contributed by atoms with Gasteiger partial charge in [0.1, 0.15) is 0 Å². The predicted octanol–water partition coefficient (Wildman–Crippen LogP) is 3.82. The van der Waals surface area contributed by atoms with Crippen molar-refractivity contribution in [3.63, 3.8) is 0 Å². The van der Waals surface area contributed by atoms with Gasteiger partial charge in [0, 0.05) is 34.6 Å². The van der Waals surface area contributed by atoms with Crippen molar-refractivity contribution in [2.45, 2.75) is 6.54 Å². The second kappa shape index (κ2) is 7.96. The molecule has 0 unspecified atom stereocenters. The Morgan fingerprint density at radius 1 is 1.11 bits per heavy atom. The second-order valence-electron chi connectivity index (χ2n) is 5.78. The third-order valence-corrected chi connectivity index (χ3v) is 4.30. The van der Waals surface area contributed by atoms with Gasteiger partial charge in [0.15, 0.2) is 0 Å². The fraction of sp³-hybridized carbons (Fsp3) is 0.0526. The highest BCUT2D eigenvalue weighted by atomic mass is 79.9. The molecule has 0 bridgehead atoms. The first-order valence-electron chi connectivity index (χ1n) is 7.93. The summed E-state index contributed by atoms with van der Waals surface area (Å²) < 4.78 is 2.17. The fourth-order valence-corrected chi connectivity index (χ4v) is 2.92. The largest absolute Gasteiger partial charge is 0.322 e. The Morgan fingerprint density at radius 2 is 1.89 bits per heavy atom. The number of carbonyl (C=O) groups is 1. The van der Waals surface area contributed by atoms with Gasteiger partial charge in [-0.15, -0.1) is 0 Å². The molecule has 2 aromatic carbocycles. The molecule has 1 amide bonds. The zero-order valence-electron chi connectivity index (χ0n) is 14.0. The lowest BCUT2D eigenvalue weighted by molar-refractivity contribution is -0.384. The molecule has 0 spiro atoms. The average Bonchev–Trinajstić information content (AvgIpc) is 2.63. The number of hydrogen-bond donors (Lipinski definition) is 1. The van der Waals surface area contributed by atoms with E-state index in [1.165, 1.54) is 35.0 Å². The van der Waals surface area contributed by atoms with Crippen LogP contribution in [0, 0.1) is 10.1 Å². The fourth-order valence-electron chi connectivity index (χ4n) is 2.52. The van der Waals surface area contributed by atoms with Crippen LogP contribution in [-0.4, -0.2) is 15.4 Å². The number of amides is 1. The number of nitro benzene ring substituents is 1. The van der Waals surface area contributed by atoms with Gasteiger partial charge in [-0.1, -0.05) is 34.1 Å². The maximum atomic E-state index is 12.5. The number of carbonyl (C=O) groups excluding carboxylic acids is 1. The SMILES string of the molecule is O=C(Nc1cccc(Br)c1)c1ccc(=O)n(Cc2cccc([N+](=O)[O-])c2)c1. The van der Waals surface area contributed by atoms with Crippen LogP contribution in [0.3, 0.4) is 0 Å². The van der Waals surface area contributed by atoms with Crippen molar-refractivity contribution in [1.82, 2.24) is 4.57 Å². The molecule has 8 heteroatoms. The smallest absolute Gasteiger partial charge is 0.269 e. The quantitative estimate of drug-likeness (QED) is 0.494. The van der Waals surface area contributed by atoms with Gasteiger partial charge in [0.25, 0.3) is 17.2 Å². The summed E-state index contributed by atoms with van der Waals surface area (Å²) in [5.41, 5.74) is 1.16. The molecule has 1 heterocycles. The Hall–Kier alpha value is -3.26. The molecule has 0 aliphatic rings. The molecule has 1 N–H and O–H groups in total. The minimum Gasteiger partial charge on any atom is -0.322 e. The number of non-ortho nitro benzene ring substituents is 1. The monoisotopic (exact) mass is 427 g/mol. The molecule has 0 saturated carbocycles. The van der Waals surface area contributed by atoms with Gasteiger partial charge in [0.2, 0.25) is 0 Å². The maximum Gasteiger partial charge on any atom is 0.269 e. The topological polar surface area (TPSA) is 94.2 Å². The molecular formula is C19H14BrN3O4. The molecule has 3 aromatic rings. The Labute approximate surface area is 162 Å². The van der Waals surface area contributed by atoms with E-state index in [1.807, 2.05) is 6.07 Å². The van der Waals surface area contributed by atoms with Crippen LogP contribution in [0.15, 0.2) is 76.1 Å². The Morgan fingerprint density at radius 3 is 2.63 bits per heavy atom. The number of pyridine rings is 1. The highest BCUT2D eigenvalue weighted by Crippen LogP contribution is 2.17. The molecular weight excluding hydrogens is 414 g/mol. The summed E-state index contributed by atoms with van der Waals surface area (Å²) in [4.78, 5) is 35.0. The van der Waals surface area contributed by atoms with Gasteiger partial charge in [-0.25, -0.2) is 0 Å². The van der Waals surface area contributed by atoms with Crippen LogP contribution in [0.25, 0.3) is 0 Å². The normalized spacial score (nSPS) is 10.4. The molecule has 0 radical (unpaired) electrons. The number of aromatic nitrogens is 1. The van der Waals surface area contributed by atoms with E-state index in [1.54, 1.807) is 30.3 Å². The van der Waals surface area contributed by atoms with Crippen molar-refractivity contribution in [2.24, 2.45) is 0 Å². The van der Waals surface area contributed by atoms with Gasteiger partial charge in [-0.2, -0.15) is 0 Å². The van der Waals surface area contributed by atoms with Crippen molar-refractivity contribution in [3.8, 4) is 0 Å². The summed E-state index contributed by atoms with van der Waals surface area (Å²) in [5, 5.41) is 13.7. The molecule has 7 nitrogen and oxygen atoms in total. The number of nitro groups is 1. The first kappa shape index (κ1) is 18.5. The molecule has 0 fully saturated rings. The van der Waals surface area contributed by atoms with E-state index in [4.69, 9.17) is 0 Å². The lowest BCUT2D eigenvalue weighted by atomic mass is 10.2. The number of benzene rings is 2. The molecule has 27 heavy (non-hydrogen) atoms. The van der Waals surface area contributed by atoms with E-state index >= 15 is 0 Å². The summed E-state index contributed by atoms with van der Waals surface area (Å²) in [6.07, 6.45) is 1.44. The lowest BCUT2D eigenvalue weighted by Crippen LogP contribution is -2.22. The first-order chi connectivity index (χ1) is 12.9. The van der Waals surface area contributed by atoms with Crippen molar-refractivity contribution in [1.29, 1.82) is 0 Å². The first-order valence-corrected chi connectivity index (χ1v) is 8.72. The van der Waals surface area contributed by atoms with Crippen molar-refractivity contribution in [3.05, 3.63) is 103 Å². The van der Waals surface area contributed by atoms with E-state index < -0.39 is 4.92 Å². The van der Waals surface area contributed by atoms with E-state index in [-0.39, 0.29) is 23.7 Å². The third-order valence-electron chi connectivity index (χ3n) is 3.80. The second-order valence-corrected chi connectivity index (χ2v) is 6.69. The van der Waals surface area contributed by atoms with Crippen LogP contribution in [0.1, 0.15) is 15.9 Å². The van der Waals surface area contributed by atoms with Crippen LogP contribution in [0.2, 0.25) is 0 Å². The number of nitrogens with zero attached hydrogens (tertiary/aromatic N) is 2. The Balaban J connectivity index is 1.84. The van der Waals surface area contributed by atoms with Gasteiger partial charge < -0.3 is 9.88 Å². The molecule has 0 aliphatic carbocycles. The summed E-state index contributed by atoms with van der Waals surface area (Å²) in [5.74, 6) is -0.360. The standard InChI is InChI=1S/C19H14BrN3O4/c20-15-4-2-5-16(10-15)21-19(25)14-7-8-18(24)22(12-14)11-13-3-1-6-17(9-13)23(26)27/h1-10,12H,11H2,(H,21,25). The van der Waals surface area contributed by atoms with E-state index in [0.29, 0.717) is 16.8 Å². The van der Waals surface area contributed by atoms with Crippen LogP contribution in [0.5, 0.6) is 0 Å². The Bertz CT molecular complexity index is 1080. The number of hydrogen-bond acceptors (Lipinski definition) is 4. The van der Waals surface area contributed by atoms with Crippen LogP contribution < -0.4 is 10.9 Å². The van der Waals surface area contributed by atoms with E-state index in [0.717, 1.165) is 4.47 Å². The molecule has 3 rings (SSSR count). The van der Waals surface area contributed by atoms with Crippen molar-refractivity contribution >= 4 is 33.2 Å². The minimum atomic E-state index is -0.492. The summed E-state index contributed by atoms with van der Waals surface area (Å²) in [6, 6.07) is 15.9. The molecule has 136 valence electrons. The van der Waals surface area contributed by atoms with Crippen LogP contribution >= 0.6 is 15.9 Å². The lowest BCUT2D eigenvalue weighted by Gasteiger charge is -2.09. The summed E-state index contributed by atoms with van der Waals surface area (Å²) in [7, 11) is 0. The van der Waals surface area contributed by atoms with Crippen LogP contribution in [-0.2, 0) is 6.54 Å². The van der Waals surface area contributed by atoms with E-state index in [2.05, 4.69) is 21.2 Å². The van der Waals surface area contributed by atoms with Crippen molar-refractivity contribution in [2.75, 3.05) is 5.32 Å². The van der Waals surface area contributed by atoms with Gasteiger partial charge in [-0.3, -0.25) is 19.7 Å². The molecule has 0 aliphatic heterocycles. The number of halogens is 1. The van der Waals surface area contributed by atoms with Gasteiger partial charge in [-0.05, 0) is 29.8 Å². The van der Waals surface area contributed by atoms with Gasteiger partial charge in [0.05, 0.1) is 17.0 Å². The number of rotatable bonds is 5. The molecule has 1 aromatic heterocycles. The number of nitrogens with one attached hydrogen (secondary N) is 1. The zero-order chi connectivity index (χ0) is 19.4.